The molecule has 2 aromatic heterocycles. The van der Waals surface area contributed by atoms with Crippen LogP contribution in [0.15, 0.2) is 77.3 Å². The largest absolute Gasteiger partial charge is 0.494 e. The first kappa shape index (κ1) is 23.1. The summed E-state index contributed by atoms with van der Waals surface area (Å²) in [6.07, 6.45) is 1.49. The minimum Gasteiger partial charge on any atom is -0.494 e. The van der Waals surface area contributed by atoms with Gasteiger partial charge in [0, 0.05) is 23.5 Å². The van der Waals surface area contributed by atoms with E-state index in [0.717, 1.165) is 29.2 Å². The highest BCUT2D eigenvalue weighted by Crippen LogP contribution is 2.25. The third-order valence-corrected chi connectivity index (χ3v) is 6.78. The Kier molecular flexibility index (Phi) is 8.16. The molecule has 1 amide bonds. The fraction of sp³-hybridized carbons (Fsp3) is 0.240. The first-order valence-corrected chi connectivity index (χ1v) is 12.7. The zero-order valence-corrected chi connectivity index (χ0v) is 20.1. The monoisotopic (exact) mass is 478 g/mol. The standard InChI is InChI=1S/C25H26N4O2S2/c1-2-31-21-12-10-20(11-13-21)29-23(17-19-7-4-3-5-8-19)27-28-25(29)33-18-24(30)26-15-14-22-9-6-16-32-22/h3-13,16H,2,14-15,17-18H2,1H3,(H,26,30). The third-order valence-electron chi connectivity index (χ3n) is 4.92. The summed E-state index contributed by atoms with van der Waals surface area (Å²) in [7, 11) is 0. The second kappa shape index (κ2) is 11.7. The van der Waals surface area contributed by atoms with Gasteiger partial charge in [0.1, 0.15) is 11.6 Å². The molecule has 0 saturated heterocycles. The molecule has 8 heteroatoms. The molecule has 0 atom stereocenters. The second-order valence-corrected chi connectivity index (χ2v) is 9.27. The third kappa shape index (κ3) is 6.46. The van der Waals surface area contributed by atoms with Crippen molar-refractivity contribution in [2.45, 2.75) is 24.9 Å². The molecule has 1 N–H and O–H groups in total. The minimum absolute atomic E-state index is 0.0117. The van der Waals surface area contributed by atoms with Crippen molar-refractivity contribution in [1.29, 1.82) is 0 Å². The number of nitrogens with zero attached hydrogens (tertiary/aromatic N) is 3. The summed E-state index contributed by atoms with van der Waals surface area (Å²) in [4.78, 5) is 13.7. The first-order valence-electron chi connectivity index (χ1n) is 10.9. The number of carbonyl (C=O) groups is 1. The Bertz CT molecular complexity index is 1140. The molecule has 0 spiro atoms. The molecule has 170 valence electrons. The van der Waals surface area contributed by atoms with Crippen molar-refractivity contribution in [3.8, 4) is 11.4 Å². The van der Waals surface area contributed by atoms with Gasteiger partial charge in [-0.15, -0.1) is 21.5 Å². The van der Waals surface area contributed by atoms with Crippen LogP contribution in [0.25, 0.3) is 5.69 Å². The van der Waals surface area contributed by atoms with Crippen molar-refractivity contribution in [3.63, 3.8) is 0 Å². The summed E-state index contributed by atoms with van der Waals surface area (Å²) in [5.41, 5.74) is 2.09. The molecular formula is C25H26N4O2S2. The van der Waals surface area contributed by atoms with E-state index in [1.807, 2.05) is 65.4 Å². The zero-order chi connectivity index (χ0) is 22.9. The fourth-order valence-corrected chi connectivity index (χ4v) is 4.87. The van der Waals surface area contributed by atoms with Crippen molar-refractivity contribution < 1.29 is 9.53 Å². The molecule has 0 aliphatic carbocycles. The molecule has 4 aromatic rings. The number of ether oxygens (including phenoxy) is 1. The van der Waals surface area contributed by atoms with Crippen LogP contribution in [0, 0.1) is 0 Å². The van der Waals surface area contributed by atoms with Crippen LogP contribution >= 0.6 is 23.1 Å². The van der Waals surface area contributed by atoms with Gasteiger partial charge in [0.2, 0.25) is 5.91 Å². The van der Waals surface area contributed by atoms with Gasteiger partial charge < -0.3 is 10.1 Å². The topological polar surface area (TPSA) is 69.0 Å². The van der Waals surface area contributed by atoms with E-state index in [0.29, 0.717) is 24.7 Å². The first-order chi connectivity index (χ1) is 16.2. The highest BCUT2D eigenvalue weighted by atomic mass is 32.2. The van der Waals surface area contributed by atoms with E-state index in [-0.39, 0.29) is 11.7 Å². The average Bonchev–Trinajstić information content (AvgIpc) is 3.49. The van der Waals surface area contributed by atoms with Crippen LogP contribution in [0.2, 0.25) is 0 Å². The molecule has 2 aromatic carbocycles. The SMILES string of the molecule is CCOc1ccc(-n2c(Cc3ccccc3)nnc2SCC(=O)NCCc2cccs2)cc1. The Morgan fingerprint density at radius 3 is 2.61 bits per heavy atom. The summed E-state index contributed by atoms with van der Waals surface area (Å²) in [6, 6.07) is 22.2. The number of rotatable bonds is 11. The molecule has 2 heterocycles. The van der Waals surface area contributed by atoms with Gasteiger partial charge >= 0.3 is 0 Å². The normalized spacial score (nSPS) is 10.8. The van der Waals surface area contributed by atoms with Crippen LogP contribution in [0.1, 0.15) is 23.2 Å². The molecular weight excluding hydrogens is 452 g/mol. The fourth-order valence-electron chi connectivity index (χ4n) is 3.37. The van der Waals surface area contributed by atoms with Crippen LogP contribution < -0.4 is 10.1 Å². The number of thiophene rings is 1. The molecule has 0 unspecified atom stereocenters. The highest BCUT2D eigenvalue weighted by molar-refractivity contribution is 7.99. The predicted molar refractivity (Wildman–Crippen MR) is 134 cm³/mol. The summed E-state index contributed by atoms with van der Waals surface area (Å²) in [6.45, 7) is 3.21. The highest BCUT2D eigenvalue weighted by Gasteiger charge is 2.16. The van der Waals surface area contributed by atoms with Crippen molar-refractivity contribution in [2.75, 3.05) is 18.9 Å². The zero-order valence-electron chi connectivity index (χ0n) is 18.4. The summed E-state index contributed by atoms with van der Waals surface area (Å²) in [5.74, 6) is 1.91. The molecule has 0 aliphatic rings. The molecule has 0 aliphatic heterocycles. The van der Waals surface area contributed by atoms with E-state index in [1.54, 1.807) is 11.3 Å². The maximum absolute atomic E-state index is 12.4. The molecule has 0 fully saturated rings. The number of hydrogen-bond acceptors (Lipinski definition) is 6. The van der Waals surface area contributed by atoms with Crippen molar-refractivity contribution in [1.82, 2.24) is 20.1 Å². The van der Waals surface area contributed by atoms with Crippen molar-refractivity contribution in [3.05, 3.63) is 88.4 Å². The summed E-state index contributed by atoms with van der Waals surface area (Å²) in [5, 5.41) is 14.6. The smallest absolute Gasteiger partial charge is 0.230 e. The predicted octanol–water partition coefficient (Wildman–Crippen LogP) is 4.77. The van der Waals surface area contributed by atoms with Gasteiger partial charge in [-0.2, -0.15) is 0 Å². The lowest BCUT2D eigenvalue weighted by Gasteiger charge is -2.11. The van der Waals surface area contributed by atoms with Crippen LogP contribution in [0.5, 0.6) is 5.75 Å². The molecule has 4 rings (SSSR count). The van der Waals surface area contributed by atoms with E-state index in [2.05, 4.69) is 33.7 Å². The van der Waals surface area contributed by atoms with E-state index in [1.165, 1.54) is 16.6 Å². The Balaban J connectivity index is 1.47. The van der Waals surface area contributed by atoms with E-state index >= 15 is 0 Å². The van der Waals surface area contributed by atoms with Crippen molar-refractivity contribution in [2.24, 2.45) is 0 Å². The van der Waals surface area contributed by atoms with Gasteiger partial charge in [-0.05, 0) is 54.6 Å². The Morgan fingerprint density at radius 2 is 1.88 bits per heavy atom. The van der Waals surface area contributed by atoms with Crippen LogP contribution in [0.3, 0.4) is 0 Å². The van der Waals surface area contributed by atoms with E-state index in [4.69, 9.17) is 4.74 Å². The number of carbonyl (C=O) groups excluding carboxylic acids is 1. The molecule has 6 nitrogen and oxygen atoms in total. The molecule has 0 radical (unpaired) electrons. The maximum Gasteiger partial charge on any atom is 0.230 e. The lowest BCUT2D eigenvalue weighted by molar-refractivity contribution is -0.118. The maximum atomic E-state index is 12.4. The van der Waals surface area contributed by atoms with Gasteiger partial charge in [0.25, 0.3) is 0 Å². The lowest BCUT2D eigenvalue weighted by atomic mass is 10.1. The Hall–Kier alpha value is -3.10. The van der Waals surface area contributed by atoms with E-state index in [9.17, 15) is 4.79 Å². The van der Waals surface area contributed by atoms with Crippen LogP contribution in [-0.4, -0.2) is 39.6 Å². The number of hydrogen-bond donors (Lipinski definition) is 1. The summed E-state index contributed by atoms with van der Waals surface area (Å²) < 4.78 is 7.60. The van der Waals surface area contributed by atoms with Crippen LogP contribution in [-0.2, 0) is 17.6 Å². The number of thioether (sulfide) groups is 1. The number of aromatic nitrogens is 3. The van der Waals surface area contributed by atoms with Crippen LogP contribution in [0.4, 0.5) is 0 Å². The summed E-state index contributed by atoms with van der Waals surface area (Å²) >= 11 is 3.10. The number of amides is 1. The van der Waals surface area contributed by atoms with Crippen molar-refractivity contribution >= 4 is 29.0 Å². The number of nitrogens with one attached hydrogen (secondary N) is 1. The lowest BCUT2D eigenvalue weighted by Crippen LogP contribution is -2.27. The van der Waals surface area contributed by atoms with Gasteiger partial charge in [-0.25, -0.2) is 0 Å². The number of benzene rings is 2. The molecule has 0 bridgehead atoms. The Labute approximate surface area is 202 Å². The Morgan fingerprint density at radius 1 is 1.06 bits per heavy atom. The minimum atomic E-state index is -0.0117. The van der Waals surface area contributed by atoms with E-state index < -0.39 is 0 Å². The van der Waals surface area contributed by atoms with Gasteiger partial charge in [-0.3, -0.25) is 9.36 Å². The van der Waals surface area contributed by atoms with Gasteiger partial charge in [0.05, 0.1) is 12.4 Å². The molecule has 0 saturated carbocycles. The van der Waals surface area contributed by atoms with Gasteiger partial charge in [0.15, 0.2) is 5.16 Å². The van der Waals surface area contributed by atoms with Gasteiger partial charge in [-0.1, -0.05) is 48.2 Å². The second-order valence-electron chi connectivity index (χ2n) is 7.29. The average molecular weight is 479 g/mol. The molecule has 33 heavy (non-hydrogen) atoms. The quantitative estimate of drug-likeness (QED) is 0.315.